The molecule has 0 aliphatic carbocycles. The van der Waals surface area contributed by atoms with E-state index in [2.05, 4.69) is 0 Å². The van der Waals surface area contributed by atoms with Crippen LogP contribution in [0.4, 0.5) is 0 Å². The van der Waals surface area contributed by atoms with Crippen molar-refractivity contribution in [1.82, 2.24) is 14.7 Å². The van der Waals surface area contributed by atoms with Gasteiger partial charge < -0.3 is 19.1 Å². The van der Waals surface area contributed by atoms with Crippen molar-refractivity contribution < 1.29 is 19.0 Å². The van der Waals surface area contributed by atoms with Crippen molar-refractivity contribution >= 4 is 17.5 Å². The van der Waals surface area contributed by atoms with Gasteiger partial charge in [0, 0.05) is 29.7 Å². The smallest absolute Gasteiger partial charge is 0.272 e. The van der Waals surface area contributed by atoms with Crippen LogP contribution in [0.25, 0.3) is 16.9 Å². The fraction of sp³-hybridized carbons (Fsp3) is 0.273. The lowest BCUT2D eigenvalue weighted by molar-refractivity contribution is 0.0297. The summed E-state index contributed by atoms with van der Waals surface area (Å²) in [4.78, 5) is 15.1. The Balaban J connectivity index is 1.81. The SMILES string of the molecule is COc1ccc(-c2cc(C(=O)N3CCOCC3)n(-c3ccc(Cl)cc3)n2)c(OC)c1. The van der Waals surface area contributed by atoms with Crippen LogP contribution in [0.1, 0.15) is 10.5 Å². The van der Waals surface area contributed by atoms with E-state index in [1.54, 1.807) is 48.1 Å². The Labute approximate surface area is 179 Å². The highest BCUT2D eigenvalue weighted by Crippen LogP contribution is 2.34. The Hall–Kier alpha value is -3.03. The molecule has 156 valence electrons. The van der Waals surface area contributed by atoms with Gasteiger partial charge in [-0.25, -0.2) is 4.68 Å². The Kier molecular flexibility index (Phi) is 5.92. The Bertz CT molecular complexity index is 1040. The zero-order chi connectivity index (χ0) is 21.1. The molecule has 0 radical (unpaired) electrons. The number of hydrogen-bond acceptors (Lipinski definition) is 5. The minimum atomic E-state index is -0.0977. The third-order valence-corrected chi connectivity index (χ3v) is 5.23. The summed E-state index contributed by atoms with van der Waals surface area (Å²) in [5.74, 6) is 1.19. The lowest BCUT2D eigenvalue weighted by Crippen LogP contribution is -2.41. The molecule has 4 rings (SSSR count). The Morgan fingerprint density at radius 1 is 1.03 bits per heavy atom. The minimum Gasteiger partial charge on any atom is -0.497 e. The molecule has 2 heterocycles. The summed E-state index contributed by atoms with van der Waals surface area (Å²) in [7, 11) is 3.19. The van der Waals surface area contributed by atoms with Crippen LogP contribution in [0, 0.1) is 0 Å². The van der Waals surface area contributed by atoms with Crippen LogP contribution in [0.5, 0.6) is 11.5 Å². The second kappa shape index (κ2) is 8.77. The maximum atomic E-state index is 13.3. The quantitative estimate of drug-likeness (QED) is 0.621. The standard InChI is InChI=1S/C22H22ClN3O4/c1-28-17-7-8-18(21(13-17)29-2)19-14-20(22(27)25-9-11-30-12-10-25)26(24-19)16-5-3-15(23)4-6-16/h3-8,13-14H,9-12H2,1-2H3. The molecule has 1 aliphatic rings. The summed E-state index contributed by atoms with van der Waals surface area (Å²) in [6.45, 7) is 2.15. The Morgan fingerprint density at radius 2 is 1.77 bits per heavy atom. The number of benzene rings is 2. The predicted molar refractivity (Wildman–Crippen MR) is 114 cm³/mol. The zero-order valence-electron chi connectivity index (χ0n) is 16.8. The van der Waals surface area contributed by atoms with Gasteiger partial charge in [0.2, 0.25) is 0 Å². The van der Waals surface area contributed by atoms with E-state index in [9.17, 15) is 4.79 Å². The van der Waals surface area contributed by atoms with Crippen LogP contribution >= 0.6 is 11.6 Å². The van der Waals surface area contributed by atoms with Gasteiger partial charge >= 0.3 is 0 Å². The van der Waals surface area contributed by atoms with Gasteiger partial charge in [-0.3, -0.25) is 4.79 Å². The molecule has 0 saturated carbocycles. The fourth-order valence-corrected chi connectivity index (χ4v) is 3.51. The molecule has 8 heteroatoms. The first-order chi connectivity index (χ1) is 14.6. The molecule has 2 aromatic carbocycles. The average molecular weight is 428 g/mol. The third kappa shape index (κ3) is 3.99. The van der Waals surface area contributed by atoms with Crippen LogP contribution in [-0.2, 0) is 4.74 Å². The van der Waals surface area contributed by atoms with Crippen LogP contribution in [0.3, 0.4) is 0 Å². The molecule has 1 aromatic heterocycles. The molecule has 1 saturated heterocycles. The van der Waals surface area contributed by atoms with Crippen molar-refractivity contribution in [2.45, 2.75) is 0 Å². The predicted octanol–water partition coefficient (Wildman–Crippen LogP) is 3.68. The van der Waals surface area contributed by atoms with E-state index >= 15 is 0 Å². The van der Waals surface area contributed by atoms with Crippen LogP contribution in [0.2, 0.25) is 5.02 Å². The van der Waals surface area contributed by atoms with E-state index in [4.69, 9.17) is 30.9 Å². The number of halogens is 1. The summed E-state index contributed by atoms with van der Waals surface area (Å²) in [6.07, 6.45) is 0. The highest BCUT2D eigenvalue weighted by atomic mass is 35.5. The van der Waals surface area contributed by atoms with Gasteiger partial charge in [0.05, 0.1) is 38.8 Å². The van der Waals surface area contributed by atoms with E-state index in [-0.39, 0.29) is 5.91 Å². The summed E-state index contributed by atoms with van der Waals surface area (Å²) < 4.78 is 17.8. The van der Waals surface area contributed by atoms with Gasteiger partial charge in [0.15, 0.2) is 0 Å². The van der Waals surface area contributed by atoms with Crippen molar-refractivity contribution in [3.63, 3.8) is 0 Å². The van der Waals surface area contributed by atoms with Gasteiger partial charge in [-0.2, -0.15) is 5.10 Å². The number of aromatic nitrogens is 2. The van der Waals surface area contributed by atoms with Crippen molar-refractivity contribution in [3.05, 3.63) is 59.2 Å². The first-order valence-electron chi connectivity index (χ1n) is 9.56. The van der Waals surface area contributed by atoms with Crippen molar-refractivity contribution in [1.29, 1.82) is 0 Å². The largest absolute Gasteiger partial charge is 0.497 e. The zero-order valence-corrected chi connectivity index (χ0v) is 17.6. The van der Waals surface area contributed by atoms with Crippen LogP contribution in [-0.4, -0.2) is 61.1 Å². The number of methoxy groups -OCH3 is 2. The fourth-order valence-electron chi connectivity index (χ4n) is 3.38. The number of amides is 1. The molecule has 1 fully saturated rings. The van der Waals surface area contributed by atoms with E-state index < -0.39 is 0 Å². The van der Waals surface area contributed by atoms with Crippen LogP contribution in [0.15, 0.2) is 48.5 Å². The van der Waals surface area contributed by atoms with E-state index in [1.807, 2.05) is 24.3 Å². The Morgan fingerprint density at radius 3 is 2.43 bits per heavy atom. The maximum Gasteiger partial charge on any atom is 0.272 e. The second-order valence-electron chi connectivity index (χ2n) is 6.77. The molecule has 1 amide bonds. The number of rotatable bonds is 5. The molecule has 1 aliphatic heterocycles. The first kappa shape index (κ1) is 20.3. The summed E-state index contributed by atoms with van der Waals surface area (Å²) in [5.41, 5.74) is 2.60. The second-order valence-corrected chi connectivity index (χ2v) is 7.21. The number of carbonyl (C=O) groups is 1. The minimum absolute atomic E-state index is 0.0977. The van der Waals surface area contributed by atoms with Gasteiger partial charge in [0.25, 0.3) is 5.91 Å². The molecule has 3 aromatic rings. The molecule has 0 spiro atoms. The summed E-state index contributed by atoms with van der Waals surface area (Å²) in [6, 6.07) is 14.5. The third-order valence-electron chi connectivity index (χ3n) is 4.98. The lowest BCUT2D eigenvalue weighted by Gasteiger charge is -2.26. The lowest BCUT2D eigenvalue weighted by atomic mass is 10.1. The van der Waals surface area contributed by atoms with E-state index in [0.29, 0.717) is 54.2 Å². The van der Waals surface area contributed by atoms with Crippen molar-refractivity contribution in [3.8, 4) is 28.4 Å². The highest BCUT2D eigenvalue weighted by Gasteiger charge is 2.25. The topological polar surface area (TPSA) is 65.8 Å². The molecule has 0 atom stereocenters. The number of ether oxygens (including phenoxy) is 3. The maximum absolute atomic E-state index is 13.3. The van der Waals surface area contributed by atoms with E-state index in [0.717, 1.165) is 11.3 Å². The summed E-state index contributed by atoms with van der Waals surface area (Å²) >= 11 is 6.05. The van der Waals surface area contributed by atoms with Gasteiger partial charge in [-0.15, -0.1) is 0 Å². The van der Waals surface area contributed by atoms with Gasteiger partial charge in [-0.05, 0) is 42.5 Å². The van der Waals surface area contributed by atoms with Crippen molar-refractivity contribution in [2.24, 2.45) is 0 Å². The van der Waals surface area contributed by atoms with E-state index in [1.165, 1.54) is 0 Å². The molecule has 0 unspecified atom stereocenters. The van der Waals surface area contributed by atoms with Crippen molar-refractivity contribution in [2.75, 3.05) is 40.5 Å². The summed E-state index contributed by atoms with van der Waals surface area (Å²) in [5, 5.41) is 5.35. The molecular weight excluding hydrogens is 406 g/mol. The van der Waals surface area contributed by atoms with Gasteiger partial charge in [-0.1, -0.05) is 11.6 Å². The molecule has 7 nitrogen and oxygen atoms in total. The van der Waals surface area contributed by atoms with Crippen LogP contribution < -0.4 is 9.47 Å². The average Bonchev–Trinajstić information content (AvgIpc) is 3.24. The molecular formula is C22H22ClN3O4. The molecule has 0 N–H and O–H groups in total. The molecule has 0 bridgehead atoms. The monoisotopic (exact) mass is 427 g/mol. The number of nitrogens with zero attached hydrogens (tertiary/aromatic N) is 3. The highest BCUT2D eigenvalue weighted by molar-refractivity contribution is 6.30. The van der Waals surface area contributed by atoms with Gasteiger partial charge in [0.1, 0.15) is 17.2 Å². The number of morpholine rings is 1. The molecule has 30 heavy (non-hydrogen) atoms. The first-order valence-corrected chi connectivity index (χ1v) is 9.94. The number of hydrogen-bond donors (Lipinski definition) is 0. The number of carbonyl (C=O) groups excluding carboxylic acids is 1. The normalized spacial score (nSPS) is 13.9.